The van der Waals surface area contributed by atoms with E-state index in [4.69, 9.17) is 5.73 Å². The van der Waals surface area contributed by atoms with Gasteiger partial charge in [-0.1, -0.05) is 26.0 Å². The summed E-state index contributed by atoms with van der Waals surface area (Å²) in [7, 11) is 4.06. The smallest absolute Gasteiger partial charge is 0.241 e. The molecule has 1 aromatic rings. The van der Waals surface area contributed by atoms with Gasteiger partial charge in [0.15, 0.2) is 0 Å². The summed E-state index contributed by atoms with van der Waals surface area (Å²) in [6.45, 7) is 5.01. The fourth-order valence-electron chi connectivity index (χ4n) is 1.91. The molecule has 1 amide bonds. The van der Waals surface area contributed by atoms with Gasteiger partial charge in [-0.2, -0.15) is 0 Å². The molecule has 0 saturated heterocycles. The maximum atomic E-state index is 11.9. The Morgan fingerprint density at radius 1 is 1.26 bits per heavy atom. The summed E-state index contributed by atoms with van der Waals surface area (Å²) in [6.07, 6.45) is 0.699. The first-order valence-electron chi connectivity index (χ1n) is 6.68. The standard InChI is InChI=1S/C15H25N3O/c1-11(2)9-14(16)15(19)17-13-7-5-12(6-8-13)10-18(3)4/h5-8,11,14H,9-10,16H2,1-4H3,(H,17,19). The molecule has 0 heterocycles. The van der Waals surface area contributed by atoms with Gasteiger partial charge < -0.3 is 16.0 Å². The summed E-state index contributed by atoms with van der Waals surface area (Å²) in [5.41, 5.74) is 7.86. The Bertz CT molecular complexity index is 398. The van der Waals surface area contributed by atoms with Crippen molar-refractivity contribution in [2.75, 3.05) is 19.4 Å². The predicted octanol–water partition coefficient (Wildman–Crippen LogP) is 2.06. The fraction of sp³-hybridized carbons (Fsp3) is 0.533. The van der Waals surface area contributed by atoms with Crippen LogP contribution in [0.2, 0.25) is 0 Å². The minimum Gasteiger partial charge on any atom is -0.325 e. The van der Waals surface area contributed by atoms with Crippen LogP contribution in [0.5, 0.6) is 0 Å². The van der Waals surface area contributed by atoms with E-state index in [-0.39, 0.29) is 5.91 Å². The first-order chi connectivity index (χ1) is 8.88. The minimum absolute atomic E-state index is 0.117. The lowest BCUT2D eigenvalue weighted by Crippen LogP contribution is -2.36. The van der Waals surface area contributed by atoms with E-state index in [2.05, 4.69) is 24.1 Å². The highest BCUT2D eigenvalue weighted by molar-refractivity contribution is 5.94. The maximum absolute atomic E-state index is 11.9. The molecule has 1 unspecified atom stereocenters. The summed E-state index contributed by atoms with van der Waals surface area (Å²) < 4.78 is 0. The summed E-state index contributed by atoms with van der Waals surface area (Å²) in [6, 6.07) is 7.42. The molecule has 0 aromatic heterocycles. The van der Waals surface area contributed by atoms with Crippen LogP contribution in [0.15, 0.2) is 24.3 Å². The second-order valence-electron chi connectivity index (χ2n) is 5.66. The quantitative estimate of drug-likeness (QED) is 0.826. The summed E-state index contributed by atoms with van der Waals surface area (Å²) in [5, 5.41) is 2.85. The number of nitrogens with one attached hydrogen (secondary N) is 1. The molecule has 19 heavy (non-hydrogen) atoms. The largest absolute Gasteiger partial charge is 0.325 e. The van der Waals surface area contributed by atoms with Crippen LogP contribution < -0.4 is 11.1 Å². The zero-order valence-electron chi connectivity index (χ0n) is 12.3. The SMILES string of the molecule is CC(C)CC(N)C(=O)Nc1ccc(CN(C)C)cc1. The third kappa shape index (κ3) is 5.85. The molecule has 3 N–H and O–H groups in total. The fourth-order valence-corrected chi connectivity index (χ4v) is 1.91. The number of hydrogen-bond acceptors (Lipinski definition) is 3. The Morgan fingerprint density at radius 3 is 2.32 bits per heavy atom. The highest BCUT2D eigenvalue weighted by Crippen LogP contribution is 2.12. The average Bonchev–Trinajstić information content (AvgIpc) is 2.30. The zero-order chi connectivity index (χ0) is 14.4. The van der Waals surface area contributed by atoms with Crippen molar-refractivity contribution in [2.45, 2.75) is 32.9 Å². The van der Waals surface area contributed by atoms with Crippen LogP contribution in [0.25, 0.3) is 0 Å². The second kappa shape index (κ2) is 7.26. The molecule has 0 bridgehead atoms. The summed E-state index contributed by atoms with van der Waals surface area (Å²) in [4.78, 5) is 14.0. The molecular formula is C15H25N3O. The number of anilines is 1. The van der Waals surface area contributed by atoms with Gasteiger partial charge in [0.25, 0.3) is 0 Å². The number of benzene rings is 1. The van der Waals surface area contributed by atoms with E-state index in [1.54, 1.807) is 0 Å². The highest BCUT2D eigenvalue weighted by atomic mass is 16.2. The topological polar surface area (TPSA) is 58.4 Å². The van der Waals surface area contributed by atoms with E-state index in [9.17, 15) is 4.79 Å². The van der Waals surface area contributed by atoms with Crippen molar-refractivity contribution in [1.29, 1.82) is 0 Å². The Labute approximate surface area is 116 Å². The van der Waals surface area contributed by atoms with Crippen LogP contribution in [0.4, 0.5) is 5.69 Å². The molecule has 0 aliphatic carbocycles. The molecule has 1 aromatic carbocycles. The van der Waals surface area contributed by atoms with Gasteiger partial charge in [0.2, 0.25) is 5.91 Å². The van der Waals surface area contributed by atoms with Crippen molar-refractivity contribution in [1.82, 2.24) is 4.90 Å². The Balaban J connectivity index is 2.55. The minimum atomic E-state index is -0.443. The van der Waals surface area contributed by atoms with E-state index in [0.29, 0.717) is 12.3 Å². The number of nitrogens with two attached hydrogens (primary N) is 1. The summed E-state index contributed by atoms with van der Waals surface area (Å²) in [5.74, 6) is 0.303. The van der Waals surface area contributed by atoms with Gasteiger partial charge in [0, 0.05) is 12.2 Å². The third-order valence-electron chi connectivity index (χ3n) is 2.78. The van der Waals surface area contributed by atoms with Crippen molar-refractivity contribution in [3.63, 3.8) is 0 Å². The molecule has 4 heteroatoms. The number of amides is 1. The van der Waals surface area contributed by atoms with E-state index < -0.39 is 6.04 Å². The van der Waals surface area contributed by atoms with Crippen LogP contribution in [0, 0.1) is 5.92 Å². The molecule has 0 spiro atoms. The maximum Gasteiger partial charge on any atom is 0.241 e. The van der Waals surface area contributed by atoms with Crippen molar-refractivity contribution in [3.05, 3.63) is 29.8 Å². The molecule has 106 valence electrons. The first-order valence-corrected chi connectivity index (χ1v) is 6.68. The van der Waals surface area contributed by atoms with E-state index in [1.807, 2.05) is 38.4 Å². The van der Waals surface area contributed by atoms with Gasteiger partial charge in [0.05, 0.1) is 6.04 Å². The molecule has 0 aliphatic rings. The van der Waals surface area contributed by atoms with Crippen LogP contribution >= 0.6 is 0 Å². The summed E-state index contributed by atoms with van der Waals surface area (Å²) >= 11 is 0. The lowest BCUT2D eigenvalue weighted by Gasteiger charge is -2.15. The lowest BCUT2D eigenvalue weighted by molar-refractivity contribution is -0.117. The molecule has 0 fully saturated rings. The van der Waals surface area contributed by atoms with Crippen LogP contribution in [-0.4, -0.2) is 30.9 Å². The molecule has 1 rings (SSSR count). The van der Waals surface area contributed by atoms with E-state index in [1.165, 1.54) is 5.56 Å². The number of nitrogens with zero attached hydrogens (tertiary/aromatic N) is 1. The third-order valence-corrected chi connectivity index (χ3v) is 2.78. The number of carbonyl (C=O) groups excluding carboxylic acids is 1. The first kappa shape index (κ1) is 15.7. The van der Waals surface area contributed by atoms with Gasteiger partial charge in [-0.15, -0.1) is 0 Å². The monoisotopic (exact) mass is 263 g/mol. The van der Waals surface area contributed by atoms with E-state index >= 15 is 0 Å². The highest BCUT2D eigenvalue weighted by Gasteiger charge is 2.14. The second-order valence-corrected chi connectivity index (χ2v) is 5.66. The molecule has 0 aliphatic heterocycles. The van der Waals surface area contributed by atoms with Gasteiger partial charge in [-0.25, -0.2) is 0 Å². The van der Waals surface area contributed by atoms with Gasteiger partial charge >= 0.3 is 0 Å². The molecular weight excluding hydrogens is 238 g/mol. The zero-order valence-corrected chi connectivity index (χ0v) is 12.3. The van der Waals surface area contributed by atoms with Crippen molar-refractivity contribution in [2.24, 2.45) is 11.7 Å². The normalized spacial score (nSPS) is 12.8. The van der Waals surface area contributed by atoms with Crippen LogP contribution in [0.3, 0.4) is 0 Å². The van der Waals surface area contributed by atoms with Crippen molar-refractivity contribution < 1.29 is 4.79 Å². The lowest BCUT2D eigenvalue weighted by atomic mass is 10.0. The van der Waals surface area contributed by atoms with Gasteiger partial charge in [-0.3, -0.25) is 4.79 Å². The van der Waals surface area contributed by atoms with Gasteiger partial charge in [-0.05, 0) is 44.1 Å². The van der Waals surface area contributed by atoms with Crippen molar-refractivity contribution in [3.8, 4) is 0 Å². The number of carbonyl (C=O) groups is 1. The number of hydrogen-bond donors (Lipinski definition) is 2. The Hall–Kier alpha value is -1.39. The van der Waals surface area contributed by atoms with Crippen LogP contribution in [0.1, 0.15) is 25.8 Å². The Kier molecular flexibility index (Phi) is 5.99. The number of rotatable bonds is 6. The molecule has 1 atom stereocenters. The van der Waals surface area contributed by atoms with Crippen molar-refractivity contribution >= 4 is 11.6 Å². The van der Waals surface area contributed by atoms with Gasteiger partial charge in [0.1, 0.15) is 0 Å². The van der Waals surface area contributed by atoms with E-state index in [0.717, 1.165) is 12.2 Å². The van der Waals surface area contributed by atoms with Crippen LogP contribution in [-0.2, 0) is 11.3 Å². The molecule has 0 radical (unpaired) electrons. The average molecular weight is 263 g/mol. The predicted molar refractivity (Wildman–Crippen MR) is 79.9 cm³/mol. The molecule has 0 saturated carbocycles. The molecule has 4 nitrogen and oxygen atoms in total. The Morgan fingerprint density at radius 2 is 1.84 bits per heavy atom.